The number of hydrogen-bond donors (Lipinski definition) is 1. The first-order valence-electron chi connectivity index (χ1n) is 7.61. The maximum Gasteiger partial charge on any atom is 0.351 e. The van der Waals surface area contributed by atoms with Gasteiger partial charge in [-0.2, -0.15) is 9.78 Å². The topological polar surface area (TPSA) is 98.9 Å². The Labute approximate surface area is 152 Å². The third-order valence-electron chi connectivity index (χ3n) is 3.64. The van der Waals surface area contributed by atoms with Gasteiger partial charge in [0.1, 0.15) is 0 Å². The SMILES string of the molecule is Cn1c(=O)c(C(=O)NCc2cccnc2)nn(-c2ccc(Cl)cc2)c1=O. The van der Waals surface area contributed by atoms with Gasteiger partial charge in [0, 0.05) is 31.0 Å². The van der Waals surface area contributed by atoms with E-state index in [1.165, 1.54) is 7.05 Å². The Morgan fingerprint density at radius 2 is 1.92 bits per heavy atom. The van der Waals surface area contributed by atoms with Gasteiger partial charge >= 0.3 is 5.69 Å². The zero-order valence-corrected chi connectivity index (χ0v) is 14.5. The molecule has 0 fully saturated rings. The first-order chi connectivity index (χ1) is 12.5. The molecule has 0 saturated carbocycles. The molecule has 2 aromatic heterocycles. The van der Waals surface area contributed by atoms with Crippen molar-refractivity contribution in [2.75, 3.05) is 0 Å². The van der Waals surface area contributed by atoms with Gasteiger partial charge in [-0.15, -0.1) is 0 Å². The summed E-state index contributed by atoms with van der Waals surface area (Å²) in [5.74, 6) is -0.683. The summed E-state index contributed by atoms with van der Waals surface area (Å²) in [6.45, 7) is 0.178. The van der Waals surface area contributed by atoms with Gasteiger partial charge in [-0.05, 0) is 35.9 Å². The van der Waals surface area contributed by atoms with Crippen LogP contribution in [0.5, 0.6) is 0 Å². The zero-order valence-electron chi connectivity index (χ0n) is 13.7. The van der Waals surface area contributed by atoms with E-state index in [2.05, 4.69) is 15.4 Å². The number of aromatic nitrogens is 4. The van der Waals surface area contributed by atoms with E-state index in [-0.39, 0.29) is 12.2 Å². The minimum absolute atomic E-state index is 0.178. The molecule has 2 heterocycles. The second kappa shape index (κ2) is 7.32. The summed E-state index contributed by atoms with van der Waals surface area (Å²) in [5.41, 5.74) is -0.670. The molecule has 0 aliphatic rings. The van der Waals surface area contributed by atoms with Crippen molar-refractivity contribution < 1.29 is 4.79 Å². The van der Waals surface area contributed by atoms with Gasteiger partial charge in [0.2, 0.25) is 5.69 Å². The lowest BCUT2D eigenvalue weighted by atomic mass is 10.3. The lowest BCUT2D eigenvalue weighted by molar-refractivity contribution is 0.0941. The molecule has 1 aromatic carbocycles. The molecule has 1 N–H and O–H groups in total. The van der Waals surface area contributed by atoms with Crippen molar-refractivity contribution in [2.45, 2.75) is 6.54 Å². The minimum atomic E-state index is -0.774. The van der Waals surface area contributed by atoms with Crippen LogP contribution in [0.15, 0.2) is 58.4 Å². The smallest absolute Gasteiger partial charge is 0.346 e. The molecule has 0 aliphatic carbocycles. The lowest BCUT2D eigenvalue weighted by Crippen LogP contribution is -2.44. The molecule has 0 radical (unpaired) electrons. The van der Waals surface area contributed by atoms with Crippen LogP contribution < -0.4 is 16.6 Å². The number of nitrogens with zero attached hydrogens (tertiary/aromatic N) is 4. The number of halogens is 1. The Morgan fingerprint density at radius 3 is 2.58 bits per heavy atom. The average molecular weight is 372 g/mol. The molecule has 9 heteroatoms. The van der Waals surface area contributed by atoms with E-state index in [1.54, 1.807) is 48.8 Å². The summed E-state index contributed by atoms with van der Waals surface area (Å²) in [7, 11) is 1.29. The summed E-state index contributed by atoms with van der Waals surface area (Å²) in [4.78, 5) is 40.9. The summed E-state index contributed by atoms with van der Waals surface area (Å²) >= 11 is 5.84. The number of carbonyl (C=O) groups excluding carboxylic acids is 1. The Kier molecular flexibility index (Phi) is 4.94. The number of carbonyl (C=O) groups is 1. The largest absolute Gasteiger partial charge is 0.351 e. The van der Waals surface area contributed by atoms with Gasteiger partial charge in [0.25, 0.3) is 11.5 Å². The van der Waals surface area contributed by atoms with Gasteiger partial charge in [0.15, 0.2) is 0 Å². The molecule has 0 aliphatic heterocycles. The molecule has 0 saturated heterocycles. The van der Waals surface area contributed by atoms with Crippen molar-refractivity contribution in [3.8, 4) is 5.69 Å². The Balaban J connectivity index is 1.96. The fraction of sp³-hybridized carbons (Fsp3) is 0.118. The molecule has 26 heavy (non-hydrogen) atoms. The highest BCUT2D eigenvalue weighted by atomic mass is 35.5. The predicted molar refractivity (Wildman–Crippen MR) is 95.5 cm³/mol. The van der Waals surface area contributed by atoms with Gasteiger partial charge < -0.3 is 5.32 Å². The lowest BCUT2D eigenvalue weighted by Gasteiger charge is -2.10. The predicted octanol–water partition coefficient (Wildman–Crippen LogP) is 0.910. The minimum Gasteiger partial charge on any atom is -0.346 e. The molecule has 0 atom stereocenters. The molecular formula is C17H14ClN5O3. The third-order valence-corrected chi connectivity index (χ3v) is 3.89. The maximum atomic E-state index is 12.4. The molecule has 1 amide bonds. The van der Waals surface area contributed by atoms with Crippen LogP contribution in [0.25, 0.3) is 5.69 Å². The maximum absolute atomic E-state index is 12.4. The molecular weight excluding hydrogens is 358 g/mol. The number of pyridine rings is 1. The normalized spacial score (nSPS) is 10.5. The van der Waals surface area contributed by atoms with E-state index < -0.39 is 17.2 Å². The molecule has 0 spiro atoms. The van der Waals surface area contributed by atoms with E-state index in [4.69, 9.17) is 11.6 Å². The van der Waals surface area contributed by atoms with Crippen LogP contribution in [0.2, 0.25) is 5.02 Å². The molecule has 0 unspecified atom stereocenters. The third kappa shape index (κ3) is 3.55. The van der Waals surface area contributed by atoms with Crippen molar-refractivity contribution in [1.82, 2.24) is 24.6 Å². The Hall–Kier alpha value is -3.26. The van der Waals surface area contributed by atoms with Gasteiger partial charge in [-0.1, -0.05) is 17.7 Å². The van der Waals surface area contributed by atoms with Crippen LogP contribution in [-0.4, -0.2) is 25.2 Å². The van der Waals surface area contributed by atoms with Crippen LogP contribution in [0.3, 0.4) is 0 Å². The van der Waals surface area contributed by atoms with Crippen LogP contribution >= 0.6 is 11.6 Å². The molecule has 8 nitrogen and oxygen atoms in total. The summed E-state index contributed by atoms with van der Waals surface area (Å²) in [6.07, 6.45) is 3.21. The Morgan fingerprint density at radius 1 is 1.19 bits per heavy atom. The fourth-order valence-corrected chi connectivity index (χ4v) is 2.36. The van der Waals surface area contributed by atoms with Crippen LogP contribution in [0, 0.1) is 0 Å². The van der Waals surface area contributed by atoms with Gasteiger partial charge in [-0.3, -0.25) is 19.1 Å². The number of benzene rings is 1. The molecule has 132 valence electrons. The summed E-state index contributed by atoms with van der Waals surface area (Å²) in [5, 5.41) is 7.03. The number of nitrogens with one attached hydrogen (secondary N) is 1. The van der Waals surface area contributed by atoms with E-state index >= 15 is 0 Å². The van der Waals surface area contributed by atoms with E-state index in [0.29, 0.717) is 10.7 Å². The molecule has 3 aromatic rings. The van der Waals surface area contributed by atoms with E-state index in [1.807, 2.05) is 0 Å². The van der Waals surface area contributed by atoms with Crippen molar-refractivity contribution in [3.05, 3.63) is 85.9 Å². The summed E-state index contributed by atoms with van der Waals surface area (Å²) in [6, 6.07) is 9.82. The van der Waals surface area contributed by atoms with Crippen molar-refractivity contribution in [1.29, 1.82) is 0 Å². The fourth-order valence-electron chi connectivity index (χ4n) is 2.24. The van der Waals surface area contributed by atoms with Crippen LogP contribution in [0.1, 0.15) is 16.1 Å². The van der Waals surface area contributed by atoms with E-state index in [0.717, 1.165) is 14.8 Å². The Bertz CT molecular complexity index is 1060. The summed E-state index contributed by atoms with van der Waals surface area (Å²) < 4.78 is 1.82. The first-order valence-corrected chi connectivity index (χ1v) is 7.98. The number of rotatable bonds is 4. The number of hydrogen-bond acceptors (Lipinski definition) is 5. The first kappa shape index (κ1) is 17.6. The zero-order chi connectivity index (χ0) is 18.7. The second-order valence-electron chi connectivity index (χ2n) is 5.43. The second-order valence-corrected chi connectivity index (χ2v) is 5.86. The monoisotopic (exact) mass is 371 g/mol. The average Bonchev–Trinajstić information content (AvgIpc) is 2.66. The van der Waals surface area contributed by atoms with Gasteiger partial charge in [-0.25, -0.2) is 4.79 Å². The molecule has 3 rings (SSSR count). The van der Waals surface area contributed by atoms with E-state index in [9.17, 15) is 14.4 Å². The highest BCUT2D eigenvalue weighted by molar-refractivity contribution is 6.30. The van der Waals surface area contributed by atoms with Gasteiger partial charge in [0.05, 0.1) is 5.69 Å². The standard InChI is InChI=1S/C17H14ClN5O3/c1-22-16(25)14(15(24)20-10-11-3-2-8-19-9-11)21-23(17(22)26)13-6-4-12(18)5-7-13/h2-9H,10H2,1H3,(H,20,24). The molecule has 0 bridgehead atoms. The van der Waals surface area contributed by atoms with Crippen molar-refractivity contribution >= 4 is 17.5 Å². The van der Waals surface area contributed by atoms with Crippen LogP contribution in [-0.2, 0) is 13.6 Å². The highest BCUT2D eigenvalue weighted by Crippen LogP contribution is 2.11. The van der Waals surface area contributed by atoms with Crippen LogP contribution in [0.4, 0.5) is 0 Å². The van der Waals surface area contributed by atoms with Crippen molar-refractivity contribution in [3.63, 3.8) is 0 Å². The highest BCUT2D eigenvalue weighted by Gasteiger charge is 2.18. The number of amides is 1. The van der Waals surface area contributed by atoms with Crippen molar-refractivity contribution in [2.24, 2.45) is 7.05 Å². The quantitative estimate of drug-likeness (QED) is 0.735.